The summed E-state index contributed by atoms with van der Waals surface area (Å²) in [7, 11) is 1.55. The predicted molar refractivity (Wildman–Crippen MR) is 113 cm³/mol. The Balaban J connectivity index is 1.69. The summed E-state index contributed by atoms with van der Waals surface area (Å²) in [6.07, 6.45) is 1.54. The number of fused-ring (bicyclic) bond motifs is 1. The van der Waals surface area contributed by atoms with E-state index in [9.17, 15) is 14.4 Å². The Morgan fingerprint density at radius 2 is 2.00 bits per heavy atom. The van der Waals surface area contributed by atoms with Crippen LogP contribution in [0.25, 0.3) is 10.9 Å². The standard InChI is InChI=1S/C22H23N3O5/c1-29-16-7-4-6-15(12-16)23-20(26)14-24-19-10-3-2-9-18(19)21(27)25(22(24)28)13-17-8-5-11-30-17/h2-4,6-7,9-10,12,17H,5,8,11,13-14H2,1H3,(H,23,26)/t17-/m0/s1. The number of hydrogen-bond donors (Lipinski definition) is 1. The lowest BCUT2D eigenvalue weighted by Gasteiger charge is -2.16. The highest BCUT2D eigenvalue weighted by Gasteiger charge is 2.21. The van der Waals surface area contributed by atoms with Crippen LogP contribution in [0.3, 0.4) is 0 Å². The molecule has 4 rings (SSSR count). The first-order valence-electron chi connectivity index (χ1n) is 9.84. The highest BCUT2D eigenvalue weighted by molar-refractivity contribution is 5.91. The number of methoxy groups -OCH3 is 1. The SMILES string of the molecule is COc1cccc(NC(=O)Cn2c(=O)n(C[C@@H]3CCCO3)c(=O)c3ccccc32)c1. The minimum Gasteiger partial charge on any atom is -0.497 e. The number of rotatable bonds is 6. The number of benzene rings is 2. The smallest absolute Gasteiger partial charge is 0.332 e. The van der Waals surface area contributed by atoms with Gasteiger partial charge in [0.15, 0.2) is 0 Å². The van der Waals surface area contributed by atoms with Crippen molar-refractivity contribution in [3.05, 3.63) is 69.4 Å². The van der Waals surface area contributed by atoms with Gasteiger partial charge in [-0.2, -0.15) is 0 Å². The molecule has 0 aliphatic carbocycles. The summed E-state index contributed by atoms with van der Waals surface area (Å²) in [4.78, 5) is 38.8. The van der Waals surface area contributed by atoms with E-state index in [-0.39, 0.29) is 30.7 Å². The van der Waals surface area contributed by atoms with Crippen molar-refractivity contribution in [3.63, 3.8) is 0 Å². The molecule has 1 aliphatic rings. The van der Waals surface area contributed by atoms with Gasteiger partial charge in [-0.1, -0.05) is 18.2 Å². The lowest BCUT2D eigenvalue weighted by Crippen LogP contribution is -2.43. The molecule has 0 bridgehead atoms. The fourth-order valence-electron chi connectivity index (χ4n) is 3.72. The van der Waals surface area contributed by atoms with Crippen LogP contribution in [0.5, 0.6) is 5.75 Å². The third-order valence-electron chi connectivity index (χ3n) is 5.20. The molecule has 1 atom stereocenters. The number of nitrogens with zero attached hydrogens (tertiary/aromatic N) is 2. The Hall–Kier alpha value is -3.39. The summed E-state index contributed by atoms with van der Waals surface area (Å²) in [5.41, 5.74) is 0.104. The Morgan fingerprint density at radius 1 is 1.17 bits per heavy atom. The summed E-state index contributed by atoms with van der Waals surface area (Å²) < 4.78 is 13.3. The normalized spacial score (nSPS) is 16.0. The average Bonchev–Trinajstić information content (AvgIpc) is 3.27. The van der Waals surface area contributed by atoms with E-state index in [1.54, 1.807) is 55.6 Å². The largest absolute Gasteiger partial charge is 0.497 e. The van der Waals surface area contributed by atoms with E-state index in [0.29, 0.717) is 28.9 Å². The van der Waals surface area contributed by atoms with Gasteiger partial charge in [-0.15, -0.1) is 0 Å². The quantitative estimate of drug-likeness (QED) is 0.672. The van der Waals surface area contributed by atoms with E-state index in [0.717, 1.165) is 12.8 Å². The molecule has 1 amide bonds. The maximum Gasteiger partial charge on any atom is 0.332 e. The summed E-state index contributed by atoms with van der Waals surface area (Å²) >= 11 is 0. The van der Waals surface area contributed by atoms with Crippen LogP contribution in [0.4, 0.5) is 5.69 Å². The first-order valence-corrected chi connectivity index (χ1v) is 9.84. The van der Waals surface area contributed by atoms with Gasteiger partial charge in [-0.25, -0.2) is 4.79 Å². The van der Waals surface area contributed by atoms with Crippen LogP contribution in [0.15, 0.2) is 58.1 Å². The molecule has 8 nitrogen and oxygen atoms in total. The lowest BCUT2D eigenvalue weighted by atomic mass is 10.2. The van der Waals surface area contributed by atoms with Gasteiger partial charge < -0.3 is 14.8 Å². The molecule has 1 N–H and O–H groups in total. The number of amides is 1. The van der Waals surface area contributed by atoms with Gasteiger partial charge in [-0.05, 0) is 37.1 Å². The number of hydrogen-bond acceptors (Lipinski definition) is 5. The Kier molecular flexibility index (Phi) is 5.67. The molecule has 0 radical (unpaired) electrons. The van der Waals surface area contributed by atoms with Gasteiger partial charge in [0.2, 0.25) is 5.91 Å². The number of anilines is 1. The molecule has 0 saturated carbocycles. The fraction of sp³-hybridized carbons (Fsp3) is 0.318. The van der Waals surface area contributed by atoms with Crippen molar-refractivity contribution in [1.82, 2.24) is 9.13 Å². The van der Waals surface area contributed by atoms with E-state index in [2.05, 4.69) is 5.32 Å². The second-order valence-corrected chi connectivity index (χ2v) is 7.22. The van der Waals surface area contributed by atoms with E-state index < -0.39 is 5.69 Å². The molecule has 156 valence electrons. The molecule has 3 aromatic rings. The van der Waals surface area contributed by atoms with Gasteiger partial charge in [0, 0.05) is 18.4 Å². The first-order chi connectivity index (χ1) is 14.6. The van der Waals surface area contributed by atoms with Crippen molar-refractivity contribution in [2.24, 2.45) is 0 Å². The molecule has 8 heteroatoms. The molecule has 1 aliphatic heterocycles. The zero-order chi connectivity index (χ0) is 21.1. The van der Waals surface area contributed by atoms with Gasteiger partial charge >= 0.3 is 5.69 Å². The second kappa shape index (κ2) is 8.54. The van der Waals surface area contributed by atoms with Crippen LogP contribution in [0, 0.1) is 0 Å². The van der Waals surface area contributed by atoms with Gasteiger partial charge in [-0.3, -0.25) is 18.7 Å². The molecule has 1 saturated heterocycles. The molecular formula is C22H23N3O5. The molecule has 1 fully saturated rings. The molecule has 0 spiro atoms. The van der Waals surface area contributed by atoms with Crippen LogP contribution in [0.1, 0.15) is 12.8 Å². The first kappa shape index (κ1) is 19.9. The summed E-state index contributed by atoms with van der Waals surface area (Å²) in [6, 6.07) is 13.8. The predicted octanol–water partition coefficient (Wildman–Crippen LogP) is 1.99. The molecule has 30 heavy (non-hydrogen) atoms. The molecule has 0 unspecified atom stereocenters. The maximum atomic E-state index is 13.2. The molecule has 1 aromatic heterocycles. The van der Waals surface area contributed by atoms with Crippen LogP contribution < -0.4 is 21.3 Å². The third-order valence-corrected chi connectivity index (χ3v) is 5.20. The maximum absolute atomic E-state index is 13.2. The Morgan fingerprint density at radius 3 is 2.77 bits per heavy atom. The van der Waals surface area contributed by atoms with Crippen molar-refractivity contribution in [1.29, 1.82) is 0 Å². The lowest BCUT2D eigenvalue weighted by molar-refractivity contribution is -0.116. The van der Waals surface area contributed by atoms with E-state index >= 15 is 0 Å². The van der Waals surface area contributed by atoms with E-state index in [4.69, 9.17) is 9.47 Å². The van der Waals surface area contributed by atoms with E-state index in [1.807, 2.05) is 0 Å². The van der Waals surface area contributed by atoms with Crippen LogP contribution in [-0.4, -0.2) is 34.9 Å². The zero-order valence-electron chi connectivity index (χ0n) is 16.7. The topological polar surface area (TPSA) is 91.6 Å². The Bertz CT molecular complexity index is 1190. The minimum absolute atomic E-state index is 0.171. The van der Waals surface area contributed by atoms with Crippen LogP contribution in [-0.2, 0) is 22.6 Å². The van der Waals surface area contributed by atoms with E-state index in [1.165, 1.54) is 9.13 Å². The minimum atomic E-state index is -0.519. The van der Waals surface area contributed by atoms with Crippen molar-refractivity contribution >= 4 is 22.5 Å². The highest BCUT2D eigenvalue weighted by atomic mass is 16.5. The second-order valence-electron chi connectivity index (χ2n) is 7.22. The van der Waals surface area contributed by atoms with Crippen LogP contribution in [0.2, 0.25) is 0 Å². The van der Waals surface area contributed by atoms with Crippen molar-refractivity contribution in [2.75, 3.05) is 19.0 Å². The molecule has 2 aromatic carbocycles. The Labute approximate surface area is 172 Å². The van der Waals surface area contributed by atoms with Gasteiger partial charge in [0.25, 0.3) is 5.56 Å². The summed E-state index contributed by atoms with van der Waals surface area (Å²) in [5, 5.41) is 3.17. The third kappa shape index (κ3) is 3.99. The summed E-state index contributed by atoms with van der Waals surface area (Å²) in [5.74, 6) is 0.235. The van der Waals surface area contributed by atoms with Gasteiger partial charge in [0.1, 0.15) is 12.3 Å². The summed E-state index contributed by atoms with van der Waals surface area (Å²) in [6.45, 7) is 0.590. The van der Waals surface area contributed by atoms with Crippen molar-refractivity contribution < 1.29 is 14.3 Å². The van der Waals surface area contributed by atoms with Crippen molar-refractivity contribution in [3.8, 4) is 5.75 Å². The fourth-order valence-corrected chi connectivity index (χ4v) is 3.72. The molecular weight excluding hydrogens is 386 g/mol. The monoisotopic (exact) mass is 409 g/mol. The average molecular weight is 409 g/mol. The zero-order valence-corrected chi connectivity index (χ0v) is 16.7. The van der Waals surface area contributed by atoms with Gasteiger partial charge in [0.05, 0.1) is 30.7 Å². The number of aromatic nitrogens is 2. The number of para-hydroxylation sites is 1. The van der Waals surface area contributed by atoms with Crippen LogP contribution >= 0.6 is 0 Å². The number of carbonyl (C=O) groups excluding carboxylic acids is 1. The van der Waals surface area contributed by atoms with Crippen molar-refractivity contribution in [2.45, 2.75) is 32.0 Å². The highest BCUT2D eigenvalue weighted by Crippen LogP contribution is 2.17. The number of ether oxygens (including phenoxy) is 2. The number of carbonyl (C=O) groups is 1. The number of nitrogens with one attached hydrogen (secondary N) is 1. The molecule has 2 heterocycles.